The monoisotopic (exact) mass is 525 g/mol. The van der Waals surface area contributed by atoms with Crippen LogP contribution < -0.4 is 5.43 Å². The van der Waals surface area contributed by atoms with Crippen LogP contribution in [0.15, 0.2) is 93.6 Å². The predicted molar refractivity (Wildman–Crippen MR) is 132 cm³/mol. The van der Waals surface area contributed by atoms with Crippen LogP contribution in [0.2, 0.25) is 5.02 Å². The van der Waals surface area contributed by atoms with Crippen LogP contribution in [-0.4, -0.2) is 32.6 Å². The number of thioether (sulfide) groups is 1. The Balaban J connectivity index is 1.49. The lowest BCUT2D eigenvalue weighted by Gasteiger charge is -2.10. The molecule has 1 heterocycles. The summed E-state index contributed by atoms with van der Waals surface area (Å²) in [4.78, 5) is 12.3. The fourth-order valence-electron chi connectivity index (χ4n) is 2.85. The van der Waals surface area contributed by atoms with Gasteiger partial charge in [-0.25, -0.2) is 5.43 Å². The number of rotatable bonds is 7. The van der Waals surface area contributed by atoms with Crippen LogP contribution in [-0.2, 0) is 4.79 Å². The Morgan fingerprint density at radius 2 is 1.75 bits per heavy atom. The topological polar surface area (TPSA) is 72.2 Å². The highest BCUT2D eigenvalue weighted by atomic mass is 79.9. The molecule has 0 fully saturated rings. The molecule has 32 heavy (non-hydrogen) atoms. The summed E-state index contributed by atoms with van der Waals surface area (Å²) in [6, 6.07) is 24.8. The summed E-state index contributed by atoms with van der Waals surface area (Å²) >= 11 is 10.7. The Morgan fingerprint density at radius 1 is 1.03 bits per heavy atom. The Labute approximate surface area is 202 Å². The largest absolute Gasteiger partial charge is 0.272 e. The van der Waals surface area contributed by atoms with Gasteiger partial charge in [0.05, 0.1) is 12.0 Å². The van der Waals surface area contributed by atoms with Gasteiger partial charge in [-0.15, -0.1) is 10.2 Å². The lowest BCUT2D eigenvalue weighted by molar-refractivity contribution is -0.118. The maximum Gasteiger partial charge on any atom is 0.250 e. The van der Waals surface area contributed by atoms with Crippen molar-refractivity contribution < 1.29 is 4.79 Å². The number of benzene rings is 3. The molecule has 160 valence electrons. The standard InChI is InChI=1S/C23H17BrClN5OS/c24-18-10-6-16(7-11-18)14-26-27-21(31)15-32-23-29-28-22(17-8-12-19(25)13-9-17)30(23)20-4-2-1-3-5-20/h1-14H,15H2,(H,27,31). The van der Waals surface area contributed by atoms with Crippen LogP contribution in [0.3, 0.4) is 0 Å². The summed E-state index contributed by atoms with van der Waals surface area (Å²) in [6.45, 7) is 0. The molecule has 0 saturated heterocycles. The molecule has 0 saturated carbocycles. The third kappa shape index (κ3) is 5.64. The first kappa shape index (κ1) is 22.3. The Morgan fingerprint density at radius 3 is 2.47 bits per heavy atom. The number of carbonyl (C=O) groups excluding carboxylic acids is 1. The zero-order valence-electron chi connectivity index (χ0n) is 16.7. The summed E-state index contributed by atoms with van der Waals surface area (Å²) in [5, 5.41) is 14.0. The number of halogens is 2. The smallest absolute Gasteiger partial charge is 0.250 e. The van der Waals surface area contributed by atoms with Gasteiger partial charge in [0.15, 0.2) is 11.0 Å². The summed E-state index contributed by atoms with van der Waals surface area (Å²) < 4.78 is 2.90. The Kier molecular flexibility index (Phi) is 7.36. The van der Waals surface area contributed by atoms with E-state index in [1.165, 1.54) is 11.8 Å². The first-order valence-corrected chi connectivity index (χ1v) is 11.7. The second-order valence-electron chi connectivity index (χ2n) is 6.62. The van der Waals surface area contributed by atoms with E-state index in [2.05, 4.69) is 36.7 Å². The SMILES string of the molecule is O=C(CSc1nnc(-c2ccc(Cl)cc2)n1-c1ccccc1)NN=Cc1ccc(Br)cc1. The fraction of sp³-hybridized carbons (Fsp3) is 0.0435. The van der Waals surface area contributed by atoms with Gasteiger partial charge < -0.3 is 0 Å². The zero-order valence-corrected chi connectivity index (χ0v) is 19.8. The van der Waals surface area contributed by atoms with Crippen molar-refractivity contribution in [2.24, 2.45) is 5.10 Å². The molecule has 4 aromatic rings. The molecule has 0 aliphatic rings. The van der Waals surface area contributed by atoms with Crippen molar-refractivity contribution in [2.75, 3.05) is 5.75 Å². The van der Waals surface area contributed by atoms with E-state index in [0.29, 0.717) is 16.0 Å². The summed E-state index contributed by atoms with van der Waals surface area (Å²) in [7, 11) is 0. The second kappa shape index (κ2) is 10.6. The zero-order chi connectivity index (χ0) is 22.3. The molecule has 0 radical (unpaired) electrons. The minimum atomic E-state index is -0.237. The van der Waals surface area contributed by atoms with Crippen LogP contribution in [0.1, 0.15) is 5.56 Å². The van der Waals surface area contributed by atoms with Gasteiger partial charge >= 0.3 is 0 Å². The highest BCUT2D eigenvalue weighted by Crippen LogP contribution is 2.28. The quantitative estimate of drug-likeness (QED) is 0.193. The summed E-state index contributed by atoms with van der Waals surface area (Å²) in [6.07, 6.45) is 1.60. The molecule has 0 bridgehead atoms. The van der Waals surface area contributed by atoms with E-state index in [-0.39, 0.29) is 11.7 Å². The van der Waals surface area contributed by atoms with Crippen LogP contribution in [0, 0.1) is 0 Å². The number of hydrazone groups is 1. The van der Waals surface area contributed by atoms with Crippen LogP contribution in [0.4, 0.5) is 0 Å². The van der Waals surface area contributed by atoms with E-state index in [1.807, 2.05) is 83.4 Å². The number of nitrogens with one attached hydrogen (secondary N) is 1. The summed E-state index contributed by atoms with van der Waals surface area (Å²) in [5.41, 5.74) is 5.21. The fourth-order valence-corrected chi connectivity index (χ4v) is 3.98. The van der Waals surface area contributed by atoms with Crippen LogP contribution in [0.25, 0.3) is 17.1 Å². The summed E-state index contributed by atoms with van der Waals surface area (Å²) in [5.74, 6) is 0.576. The van der Waals surface area contributed by atoms with Gasteiger partial charge in [0.1, 0.15) is 0 Å². The van der Waals surface area contributed by atoms with Crippen molar-refractivity contribution in [2.45, 2.75) is 5.16 Å². The predicted octanol–water partition coefficient (Wildman–Crippen LogP) is 5.59. The highest BCUT2D eigenvalue weighted by Gasteiger charge is 2.17. The average Bonchev–Trinajstić information content (AvgIpc) is 3.24. The van der Waals surface area contributed by atoms with Gasteiger partial charge in [-0.2, -0.15) is 5.10 Å². The van der Waals surface area contributed by atoms with Crippen molar-refractivity contribution in [3.8, 4) is 17.1 Å². The molecule has 3 aromatic carbocycles. The molecule has 0 aliphatic carbocycles. The lowest BCUT2D eigenvalue weighted by atomic mass is 10.2. The van der Waals surface area contributed by atoms with Gasteiger partial charge in [-0.05, 0) is 54.1 Å². The maximum atomic E-state index is 12.3. The van der Waals surface area contributed by atoms with Gasteiger partial charge in [-0.1, -0.05) is 69.6 Å². The molecule has 4 rings (SSSR count). The van der Waals surface area contributed by atoms with Crippen LogP contribution in [0.5, 0.6) is 0 Å². The number of hydrogen-bond donors (Lipinski definition) is 1. The minimum absolute atomic E-state index is 0.142. The van der Waals surface area contributed by atoms with Crippen molar-refractivity contribution in [3.05, 3.63) is 93.9 Å². The lowest BCUT2D eigenvalue weighted by Crippen LogP contribution is -2.20. The molecule has 0 atom stereocenters. The van der Waals surface area contributed by atoms with Crippen molar-refractivity contribution in [1.29, 1.82) is 0 Å². The molecule has 1 aromatic heterocycles. The molecule has 0 aliphatic heterocycles. The van der Waals surface area contributed by atoms with E-state index in [1.54, 1.807) is 6.21 Å². The Hall–Kier alpha value is -2.94. The first-order chi connectivity index (χ1) is 15.6. The third-order valence-corrected chi connectivity index (χ3v) is 6.07. The first-order valence-electron chi connectivity index (χ1n) is 9.57. The second-order valence-corrected chi connectivity index (χ2v) is 8.91. The Bertz CT molecular complexity index is 1230. The van der Waals surface area contributed by atoms with E-state index in [0.717, 1.165) is 21.3 Å². The van der Waals surface area contributed by atoms with E-state index in [4.69, 9.17) is 11.6 Å². The number of aromatic nitrogens is 3. The van der Waals surface area contributed by atoms with Gasteiger partial charge in [0.2, 0.25) is 0 Å². The van der Waals surface area contributed by atoms with Crippen LogP contribution >= 0.6 is 39.3 Å². The number of hydrogen-bond acceptors (Lipinski definition) is 5. The molecule has 6 nitrogen and oxygen atoms in total. The van der Waals surface area contributed by atoms with Crippen molar-refractivity contribution >= 4 is 51.4 Å². The van der Waals surface area contributed by atoms with Crippen molar-refractivity contribution in [3.63, 3.8) is 0 Å². The number of para-hydroxylation sites is 1. The normalized spacial score (nSPS) is 11.1. The average molecular weight is 527 g/mol. The minimum Gasteiger partial charge on any atom is -0.272 e. The maximum absolute atomic E-state index is 12.3. The number of amides is 1. The molecular weight excluding hydrogens is 510 g/mol. The number of carbonyl (C=O) groups is 1. The van der Waals surface area contributed by atoms with E-state index >= 15 is 0 Å². The molecule has 0 spiro atoms. The van der Waals surface area contributed by atoms with Gasteiger partial charge in [-0.3, -0.25) is 9.36 Å². The van der Waals surface area contributed by atoms with Crippen molar-refractivity contribution in [1.82, 2.24) is 20.2 Å². The van der Waals surface area contributed by atoms with E-state index in [9.17, 15) is 4.79 Å². The molecule has 9 heteroatoms. The molecule has 0 unspecified atom stereocenters. The third-order valence-electron chi connectivity index (χ3n) is 4.36. The van der Waals surface area contributed by atoms with Gasteiger partial charge in [0, 0.05) is 20.7 Å². The highest BCUT2D eigenvalue weighted by molar-refractivity contribution is 9.10. The molecule has 1 amide bonds. The van der Waals surface area contributed by atoms with E-state index < -0.39 is 0 Å². The number of nitrogens with zero attached hydrogens (tertiary/aromatic N) is 4. The van der Waals surface area contributed by atoms with Gasteiger partial charge in [0.25, 0.3) is 5.91 Å². The molecular formula is C23H17BrClN5OS. The molecule has 1 N–H and O–H groups in total.